The molecule has 3 heteroatoms. The molecular weight excluding hydrogens is 166 g/mol. The van der Waals surface area contributed by atoms with Gasteiger partial charge in [0.15, 0.2) is 0 Å². The zero-order chi connectivity index (χ0) is 9.68. The summed E-state index contributed by atoms with van der Waals surface area (Å²) in [4.78, 5) is 15.2. The van der Waals surface area contributed by atoms with Gasteiger partial charge in [-0.05, 0) is 6.92 Å². The maximum Gasteiger partial charge on any atom is 0.357 e. The van der Waals surface area contributed by atoms with Crippen molar-refractivity contribution in [2.45, 2.75) is 6.92 Å². The van der Waals surface area contributed by atoms with Crippen molar-refractivity contribution in [2.24, 2.45) is 11.1 Å². The highest BCUT2D eigenvalue weighted by Gasteiger charge is 2.08. The van der Waals surface area contributed by atoms with Gasteiger partial charge in [-0.3, -0.25) is 0 Å². The Labute approximate surface area is 77.1 Å². The number of nitrogens with zero attached hydrogens (tertiary/aromatic N) is 1. The SMILES string of the molecule is C=CC(=O)O/N=C(\C)C1C=CC=C1. The molecule has 0 N–H and O–H groups in total. The van der Waals surface area contributed by atoms with Gasteiger partial charge in [0.25, 0.3) is 0 Å². The van der Waals surface area contributed by atoms with Crippen LogP contribution in [0.2, 0.25) is 0 Å². The first-order chi connectivity index (χ1) is 6.24. The van der Waals surface area contributed by atoms with Gasteiger partial charge in [0.2, 0.25) is 0 Å². The van der Waals surface area contributed by atoms with Gasteiger partial charge in [0.1, 0.15) is 0 Å². The highest BCUT2D eigenvalue weighted by molar-refractivity contribution is 5.89. The fourth-order valence-corrected chi connectivity index (χ4v) is 0.925. The predicted molar refractivity (Wildman–Crippen MR) is 51.2 cm³/mol. The molecule has 0 unspecified atom stereocenters. The van der Waals surface area contributed by atoms with E-state index in [-0.39, 0.29) is 5.92 Å². The van der Waals surface area contributed by atoms with Crippen molar-refractivity contribution in [1.82, 2.24) is 0 Å². The van der Waals surface area contributed by atoms with Crippen LogP contribution < -0.4 is 0 Å². The summed E-state index contributed by atoms with van der Waals surface area (Å²) in [6, 6.07) is 0. The Hall–Kier alpha value is -1.64. The largest absolute Gasteiger partial charge is 0.357 e. The van der Waals surface area contributed by atoms with E-state index in [1.54, 1.807) is 6.92 Å². The summed E-state index contributed by atoms with van der Waals surface area (Å²) in [5, 5.41) is 3.67. The predicted octanol–water partition coefficient (Wildman–Crippen LogP) is 1.83. The molecule has 0 saturated carbocycles. The molecule has 0 heterocycles. The van der Waals surface area contributed by atoms with E-state index in [2.05, 4.69) is 16.6 Å². The third-order valence-electron chi connectivity index (χ3n) is 1.68. The molecular formula is C10H11NO2. The third kappa shape index (κ3) is 2.71. The van der Waals surface area contributed by atoms with E-state index >= 15 is 0 Å². The second-order valence-corrected chi connectivity index (χ2v) is 2.64. The number of hydrogen-bond acceptors (Lipinski definition) is 3. The van der Waals surface area contributed by atoms with Crippen LogP contribution in [0.4, 0.5) is 0 Å². The lowest BCUT2D eigenvalue weighted by Crippen LogP contribution is -2.06. The molecule has 0 saturated heterocycles. The monoisotopic (exact) mass is 177 g/mol. The fraction of sp³-hybridized carbons (Fsp3) is 0.200. The number of allylic oxidation sites excluding steroid dienone is 4. The van der Waals surface area contributed by atoms with Crippen molar-refractivity contribution < 1.29 is 9.63 Å². The molecule has 0 bridgehead atoms. The number of hydrogen-bond donors (Lipinski definition) is 0. The highest BCUT2D eigenvalue weighted by Crippen LogP contribution is 2.10. The van der Waals surface area contributed by atoms with E-state index in [1.165, 1.54) is 0 Å². The number of rotatable bonds is 3. The average Bonchev–Trinajstić information content (AvgIpc) is 2.66. The Morgan fingerprint density at radius 3 is 2.69 bits per heavy atom. The summed E-state index contributed by atoms with van der Waals surface area (Å²) in [6.45, 7) is 5.07. The van der Waals surface area contributed by atoms with Gasteiger partial charge in [-0.1, -0.05) is 36.0 Å². The highest BCUT2D eigenvalue weighted by atomic mass is 16.7. The molecule has 0 aromatic rings. The first-order valence-corrected chi connectivity index (χ1v) is 3.97. The minimum atomic E-state index is -0.537. The summed E-state index contributed by atoms with van der Waals surface area (Å²) >= 11 is 0. The summed E-state index contributed by atoms with van der Waals surface area (Å²) in [5.74, 6) is -0.386. The maximum absolute atomic E-state index is 10.6. The normalized spacial score (nSPS) is 16.2. The molecule has 13 heavy (non-hydrogen) atoms. The molecule has 0 amide bonds. The summed E-state index contributed by atoms with van der Waals surface area (Å²) in [7, 11) is 0. The fourth-order valence-electron chi connectivity index (χ4n) is 0.925. The average molecular weight is 177 g/mol. The van der Waals surface area contributed by atoms with Gasteiger partial charge in [0, 0.05) is 12.0 Å². The van der Waals surface area contributed by atoms with Crippen molar-refractivity contribution in [2.75, 3.05) is 0 Å². The van der Waals surface area contributed by atoms with Crippen LogP contribution in [-0.4, -0.2) is 11.7 Å². The summed E-state index contributed by atoms with van der Waals surface area (Å²) in [5.41, 5.74) is 0.750. The van der Waals surface area contributed by atoms with E-state index in [0.717, 1.165) is 11.8 Å². The van der Waals surface area contributed by atoms with Crippen LogP contribution in [0, 0.1) is 5.92 Å². The molecule has 0 aromatic carbocycles. The molecule has 1 aliphatic rings. The Bertz CT molecular complexity index is 288. The first-order valence-electron chi connectivity index (χ1n) is 3.97. The van der Waals surface area contributed by atoms with Crippen molar-refractivity contribution >= 4 is 11.7 Å². The van der Waals surface area contributed by atoms with Gasteiger partial charge in [0.05, 0.1) is 5.71 Å². The van der Waals surface area contributed by atoms with Crippen LogP contribution in [0.3, 0.4) is 0 Å². The second kappa shape index (κ2) is 4.40. The number of carbonyl (C=O) groups is 1. The van der Waals surface area contributed by atoms with Gasteiger partial charge >= 0.3 is 5.97 Å². The minimum absolute atomic E-state index is 0.151. The van der Waals surface area contributed by atoms with Crippen LogP contribution in [0.1, 0.15) is 6.92 Å². The van der Waals surface area contributed by atoms with Gasteiger partial charge < -0.3 is 4.84 Å². The molecule has 1 aliphatic carbocycles. The quantitative estimate of drug-likeness (QED) is 0.285. The van der Waals surface area contributed by atoms with Crippen molar-refractivity contribution in [3.05, 3.63) is 37.0 Å². The first kappa shape index (κ1) is 9.45. The van der Waals surface area contributed by atoms with E-state index in [9.17, 15) is 4.79 Å². The van der Waals surface area contributed by atoms with Crippen LogP contribution in [0.25, 0.3) is 0 Å². The van der Waals surface area contributed by atoms with Crippen LogP contribution >= 0.6 is 0 Å². The molecule has 0 spiro atoms. The molecule has 0 aliphatic heterocycles. The smallest absolute Gasteiger partial charge is 0.314 e. The van der Waals surface area contributed by atoms with Gasteiger partial charge in [-0.2, -0.15) is 0 Å². The van der Waals surface area contributed by atoms with Crippen molar-refractivity contribution in [1.29, 1.82) is 0 Å². The van der Waals surface area contributed by atoms with Crippen molar-refractivity contribution in [3.63, 3.8) is 0 Å². The van der Waals surface area contributed by atoms with E-state index in [4.69, 9.17) is 0 Å². The molecule has 0 radical (unpaired) electrons. The van der Waals surface area contributed by atoms with Crippen LogP contribution in [0.5, 0.6) is 0 Å². The van der Waals surface area contributed by atoms with Crippen LogP contribution in [-0.2, 0) is 9.63 Å². The molecule has 0 atom stereocenters. The molecule has 1 rings (SSSR count). The van der Waals surface area contributed by atoms with Crippen LogP contribution in [0.15, 0.2) is 42.1 Å². The Morgan fingerprint density at radius 2 is 2.15 bits per heavy atom. The van der Waals surface area contributed by atoms with E-state index in [0.29, 0.717) is 0 Å². The Morgan fingerprint density at radius 1 is 1.54 bits per heavy atom. The minimum Gasteiger partial charge on any atom is -0.314 e. The standard InChI is InChI=1S/C10H11NO2/c1-3-10(12)13-11-8(2)9-6-4-5-7-9/h3-7,9H,1H2,2H3/b11-8+. The molecule has 0 fully saturated rings. The number of oxime groups is 1. The van der Waals surface area contributed by atoms with E-state index < -0.39 is 5.97 Å². The maximum atomic E-state index is 10.6. The topological polar surface area (TPSA) is 38.7 Å². The van der Waals surface area contributed by atoms with Gasteiger partial charge in [-0.15, -0.1) is 0 Å². The zero-order valence-electron chi connectivity index (χ0n) is 7.43. The summed E-state index contributed by atoms with van der Waals surface area (Å²) in [6.07, 6.45) is 8.89. The Kier molecular flexibility index (Phi) is 3.20. The van der Waals surface area contributed by atoms with Gasteiger partial charge in [-0.25, -0.2) is 4.79 Å². The molecule has 3 nitrogen and oxygen atoms in total. The second-order valence-electron chi connectivity index (χ2n) is 2.64. The lowest BCUT2D eigenvalue weighted by atomic mass is 10.1. The number of carbonyl (C=O) groups excluding carboxylic acids is 1. The van der Waals surface area contributed by atoms with Crippen molar-refractivity contribution in [3.8, 4) is 0 Å². The summed E-state index contributed by atoms with van der Waals surface area (Å²) < 4.78 is 0. The lowest BCUT2D eigenvalue weighted by Gasteiger charge is -2.02. The lowest BCUT2D eigenvalue weighted by molar-refractivity contribution is -0.137. The molecule has 68 valence electrons. The van der Waals surface area contributed by atoms with E-state index in [1.807, 2.05) is 24.3 Å². The Balaban J connectivity index is 2.51. The third-order valence-corrected chi connectivity index (χ3v) is 1.68. The zero-order valence-corrected chi connectivity index (χ0v) is 7.43. The molecule has 0 aromatic heterocycles.